The third-order valence-corrected chi connectivity index (χ3v) is 3.52. The molecule has 2 rings (SSSR count). The van der Waals surface area contributed by atoms with Crippen molar-refractivity contribution in [3.8, 4) is 5.75 Å². The highest BCUT2D eigenvalue weighted by molar-refractivity contribution is 7.19. The predicted molar refractivity (Wildman–Crippen MR) is 69.7 cm³/mol. The number of amides is 1. The lowest BCUT2D eigenvalue weighted by Crippen LogP contribution is -2.12. The molecule has 1 aliphatic carbocycles. The minimum atomic E-state index is -0.509. The fraction of sp³-hybridized carbons (Fsp3) is 0.545. The number of nitrogens with one attached hydrogen (secondary N) is 1. The Morgan fingerprint density at radius 3 is 2.65 bits per heavy atom. The molecule has 1 amide bonds. The van der Waals surface area contributed by atoms with E-state index in [1.165, 1.54) is 11.3 Å². The standard InChI is InChI=1S/C11H17N3O2S/c1-5(2)16-8-7(12)9(10(13)15)17-11(8)14-6-3-4-6/h5-6,14H,3-4,12H2,1-2H3,(H2,13,15). The van der Waals surface area contributed by atoms with E-state index >= 15 is 0 Å². The van der Waals surface area contributed by atoms with E-state index in [0.29, 0.717) is 22.4 Å². The third-order valence-electron chi connectivity index (χ3n) is 2.39. The molecule has 5 N–H and O–H groups in total. The molecule has 1 fully saturated rings. The molecular formula is C11H17N3O2S. The van der Waals surface area contributed by atoms with Gasteiger partial charge in [0.2, 0.25) is 0 Å². The van der Waals surface area contributed by atoms with E-state index in [1.54, 1.807) is 0 Å². The average Bonchev–Trinajstić information content (AvgIpc) is 2.97. The van der Waals surface area contributed by atoms with Gasteiger partial charge >= 0.3 is 0 Å². The first-order valence-electron chi connectivity index (χ1n) is 5.64. The van der Waals surface area contributed by atoms with Crippen LogP contribution in [0, 0.1) is 0 Å². The Labute approximate surface area is 104 Å². The van der Waals surface area contributed by atoms with Crippen LogP contribution in [0.15, 0.2) is 0 Å². The largest absolute Gasteiger partial charge is 0.486 e. The number of nitrogens with two attached hydrogens (primary N) is 2. The summed E-state index contributed by atoms with van der Waals surface area (Å²) in [5, 5.41) is 4.12. The molecule has 1 aromatic heterocycles. The third kappa shape index (κ3) is 2.63. The number of carbonyl (C=O) groups excluding carboxylic acids is 1. The quantitative estimate of drug-likeness (QED) is 0.748. The van der Waals surface area contributed by atoms with Gasteiger partial charge in [0, 0.05) is 6.04 Å². The molecule has 0 spiro atoms. The molecule has 5 nitrogen and oxygen atoms in total. The molecule has 1 aliphatic rings. The maximum atomic E-state index is 11.2. The van der Waals surface area contributed by atoms with Crippen molar-refractivity contribution < 1.29 is 9.53 Å². The zero-order valence-corrected chi connectivity index (χ0v) is 10.8. The Morgan fingerprint density at radius 1 is 1.53 bits per heavy atom. The Hall–Kier alpha value is -1.43. The first-order valence-corrected chi connectivity index (χ1v) is 6.46. The molecule has 6 heteroatoms. The van der Waals surface area contributed by atoms with Gasteiger partial charge in [-0.25, -0.2) is 0 Å². The summed E-state index contributed by atoms with van der Waals surface area (Å²) in [6, 6.07) is 0.475. The summed E-state index contributed by atoms with van der Waals surface area (Å²) in [5.41, 5.74) is 11.5. The Morgan fingerprint density at radius 2 is 2.18 bits per heavy atom. The zero-order chi connectivity index (χ0) is 12.6. The second-order valence-corrected chi connectivity index (χ2v) is 5.47. The molecule has 0 bridgehead atoms. The number of ether oxygens (including phenoxy) is 1. The number of hydrogen-bond acceptors (Lipinski definition) is 5. The number of thiophene rings is 1. The summed E-state index contributed by atoms with van der Waals surface area (Å²) in [4.78, 5) is 11.6. The number of primary amides is 1. The van der Waals surface area contributed by atoms with Crippen LogP contribution in [0.25, 0.3) is 0 Å². The van der Waals surface area contributed by atoms with Gasteiger partial charge in [-0.3, -0.25) is 4.79 Å². The Balaban J connectivity index is 2.32. The summed E-state index contributed by atoms with van der Waals surface area (Å²) < 4.78 is 5.65. The molecule has 0 aliphatic heterocycles. The monoisotopic (exact) mass is 255 g/mol. The Bertz CT molecular complexity index is 438. The van der Waals surface area contributed by atoms with E-state index in [1.807, 2.05) is 13.8 Å². The van der Waals surface area contributed by atoms with Crippen LogP contribution in [0.4, 0.5) is 10.7 Å². The van der Waals surface area contributed by atoms with Crippen molar-refractivity contribution in [2.75, 3.05) is 11.1 Å². The maximum Gasteiger partial charge on any atom is 0.261 e. The lowest BCUT2D eigenvalue weighted by atomic mass is 10.3. The van der Waals surface area contributed by atoms with Crippen LogP contribution >= 0.6 is 11.3 Å². The summed E-state index contributed by atoms with van der Waals surface area (Å²) in [5.74, 6) is 0.0515. The van der Waals surface area contributed by atoms with Crippen LogP contribution in [-0.2, 0) is 0 Å². The van der Waals surface area contributed by atoms with E-state index in [0.717, 1.165) is 17.8 Å². The molecule has 0 unspecified atom stereocenters. The van der Waals surface area contributed by atoms with Crippen LogP contribution in [0.2, 0.25) is 0 Å². The fourth-order valence-electron chi connectivity index (χ4n) is 1.47. The number of rotatable bonds is 5. The van der Waals surface area contributed by atoms with E-state index in [-0.39, 0.29) is 6.10 Å². The van der Waals surface area contributed by atoms with Crippen LogP contribution in [-0.4, -0.2) is 18.1 Å². The smallest absolute Gasteiger partial charge is 0.261 e. The van der Waals surface area contributed by atoms with E-state index in [2.05, 4.69) is 5.32 Å². The van der Waals surface area contributed by atoms with Gasteiger partial charge in [0.05, 0.1) is 6.10 Å². The molecule has 94 valence electrons. The van der Waals surface area contributed by atoms with Gasteiger partial charge in [0.25, 0.3) is 5.91 Å². The van der Waals surface area contributed by atoms with Crippen molar-refractivity contribution >= 4 is 27.9 Å². The maximum absolute atomic E-state index is 11.2. The van der Waals surface area contributed by atoms with E-state index in [4.69, 9.17) is 16.2 Å². The molecule has 1 saturated carbocycles. The van der Waals surface area contributed by atoms with Gasteiger partial charge in [-0.15, -0.1) is 11.3 Å². The number of nitrogen functional groups attached to an aromatic ring is 1. The van der Waals surface area contributed by atoms with Crippen molar-refractivity contribution in [2.24, 2.45) is 5.73 Å². The number of anilines is 2. The number of hydrogen-bond donors (Lipinski definition) is 3. The summed E-state index contributed by atoms with van der Waals surface area (Å²) in [7, 11) is 0. The normalized spacial score (nSPS) is 15.0. The van der Waals surface area contributed by atoms with Crippen LogP contribution < -0.4 is 21.5 Å². The van der Waals surface area contributed by atoms with Gasteiger partial charge in [0.1, 0.15) is 15.6 Å². The van der Waals surface area contributed by atoms with Crippen LogP contribution in [0.3, 0.4) is 0 Å². The highest BCUT2D eigenvalue weighted by atomic mass is 32.1. The highest BCUT2D eigenvalue weighted by Gasteiger charge is 2.27. The average molecular weight is 255 g/mol. The lowest BCUT2D eigenvalue weighted by Gasteiger charge is -2.12. The fourth-order valence-corrected chi connectivity index (χ4v) is 2.46. The molecule has 0 radical (unpaired) electrons. The van der Waals surface area contributed by atoms with E-state index < -0.39 is 5.91 Å². The molecule has 0 aromatic carbocycles. The molecule has 1 heterocycles. The topological polar surface area (TPSA) is 90.4 Å². The molecule has 17 heavy (non-hydrogen) atoms. The summed E-state index contributed by atoms with van der Waals surface area (Å²) >= 11 is 1.27. The first kappa shape index (κ1) is 12.0. The van der Waals surface area contributed by atoms with Crippen LogP contribution in [0.1, 0.15) is 36.4 Å². The second kappa shape index (κ2) is 4.44. The van der Waals surface area contributed by atoms with Gasteiger partial charge in [-0.1, -0.05) is 0 Å². The first-order chi connectivity index (χ1) is 7.99. The molecule has 0 atom stereocenters. The van der Waals surface area contributed by atoms with Gasteiger partial charge in [-0.2, -0.15) is 0 Å². The molecule has 0 saturated heterocycles. The van der Waals surface area contributed by atoms with Crippen molar-refractivity contribution in [3.05, 3.63) is 4.88 Å². The van der Waals surface area contributed by atoms with Gasteiger partial charge in [-0.05, 0) is 26.7 Å². The number of carbonyl (C=O) groups is 1. The van der Waals surface area contributed by atoms with E-state index in [9.17, 15) is 4.79 Å². The molecule has 1 aromatic rings. The molecular weight excluding hydrogens is 238 g/mol. The minimum Gasteiger partial charge on any atom is -0.486 e. The van der Waals surface area contributed by atoms with Gasteiger partial charge in [0.15, 0.2) is 5.75 Å². The SMILES string of the molecule is CC(C)Oc1c(NC2CC2)sc(C(N)=O)c1N. The zero-order valence-electron chi connectivity index (χ0n) is 9.95. The van der Waals surface area contributed by atoms with Gasteiger partial charge < -0.3 is 21.5 Å². The lowest BCUT2D eigenvalue weighted by molar-refractivity contribution is 0.100. The minimum absolute atomic E-state index is 0.00683. The summed E-state index contributed by atoms with van der Waals surface area (Å²) in [6.45, 7) is 3.84. The van der Waals surface area contributed by atoms with Crippen molar-refractivity contribution in [1.82, 2.24) is 0 Å². The second-order valence-electron chi connectivity index (χ2n) is 4.45. The van der Waals surface area contributed by atoms with Crippen molar-refractivity contribution in [1.29, 1.82) is 0 Å². The Kier molecular flexibility index (Phi) is 3.15. The van der Waals surface area contributed by atoms with Crippen molar-refractivity contribution in [3.63, 3.8) is 0 Å². The highest BCUT2D eigenvalue weighted by Crippen LogP contribution is 2.44. The predicted octanol–water partition coefficient (Wildman–Crippen LogP) is 1.79. The van der Waals surface area contributed by atoms with Crippen LogP contribution in [0.5, 0.6) is 5.75 Å². The summed E-state index contributed by atoms with van der Waals surface area (Å²) in [6.07, 6.45) is 2.29. The van der Waals surface area contributed by atoms with Crippen molar-refractivity contribution in [2.45, 2.75) is 38.8 Å².